The molecule has 1 aliphatic heterocycles. The summed E-state index contributed by atoms with van der Waals surface area (Å²) in [5.41, 5.74) is 0. The van der Waals surface area contributed by atoms with E-state index in [0.29, 0.717) is 18.6 Å². The lowest BCUT2D eigenvalue weighted by Gasteiger charge is -2.33. The second kappa shape index (κ2) is 1.80. The van der Waals surface area contributed by atoms with Gasteiger partial charge in [0.25, 0.3) is 0 Å². The van der Waals surface area contributed by atoms with Crippen molar-refractivity contribution in [3.8, 4) is 0 Å². The van der Waals surface area contributed by atoms with E-state index >= 15 is 0 Å². The maximum absolute atomic E-state index is 8.52. The molecule has 1 aliphatic rings. The Balaban J connectivity index is 2.16. The summed E-state index contributed by atoms with van der Waals surface area (Å²) in [7, 11) is 0. The first-order chi connectivity index (χ1) is 3.34. The molecule has 2 heteroatoms. The Hall–Kier alpha value is -0.0800. The Morgan fingerprint density at radius 3 is 2.57 bits per heavy atom. The van der Waals surface area contributed by atoms with E-state index in [0.717, 1.165) is 6.54 Å². The van der Waals surface area contributed by atoms with Crippen LogP contribution in [0.3, 0.4) is 0 Å². The van der Waals surface area contributed by atoms with Gasteiger partial charge >= 0.3 is 0 Å². The summed E-state index contributed by atoms with van der Waals surface area (Å²) < 4.78 is 0. The normalized spacial score (nSPS) is 40.3. The molecule has 0 aromatic rings. The minimum Gasteiger partial charge on any atom is -0.396 e. The van der Waals surface area contributed by atoms with Crippen LogP contribution < -0.4 is 5.32 Å². The Morgan fingerprint density at radius 1 is 1.86 bits per heavy atom. The second-order valence-electron chi connectivity index (χ2n) is 2.14. The van der Waals surface area contributed by atoms with Gasteiger partial charge in [0.15, 0.2) is 0 Å². The standard InChI is InChI=1S/C5H11NO/c1-4-5(3-7)2-6-4/h4-7H,2-3H2,1H3/t4-,5-/m1/s1. The molecule has 7 heavy (non-hydrogen) atoms. The summed E-state index contributed by atoms with van der Waals surface area (Å²) in [4.78, 5) is 0. The van der Waals surface area contributed by atoms with Crippen LogP contribution in [-0.2, 0) is 0 Å². The predicted molar refractivity (Wildman–Crippen MR) is 28.0 cm³/mol. The van der Waals surface area contributed by atoms with Crippen LogP contribution in [0.15, 0.2) is 0 Å². The summed E-state index contributed by atoms with van der Waals surface area (Å²) in [6.45, 7) is 3.43. The van der Waals surface area contributed by atoms with Crippen LogP contribution in [0.4, 0.5) is 0 Å². The van der Waals surface area contributed by atoms with Gasteiger partial charge in [-0.2, -0.15) is 0 Å². The Kier molecular flexibility index (Phi) is 1.30. The van der Waals surface area contributed by atoms with Crippen LogP contribution in [0.5, 0.6) is 0 Å². The average molecular weight is 101 g/mol. The highest BCUT2D eigenvalue weighted by Crippen LogP contribution is 2.09. The first kappa shape index (κ1) is 5.06. The van der Waals surface area contributed by atoms with Crippen molar-refractivity contribution in [1.29, 1.82) is 0 Å². The van der Waals surface area contributed by atoms with Crippen molar-refractivity contribution >= 4 is 0 Å². The first-order valence-electron chi connectivity index (χ1n) is 2.69. The first-order valence-corrected chi connectivity index (χ1v) is 2.69. The van der Waals surface area contributed by atoms with Crippen molar-refractivity contribution in [3.05, 3.63) is 0 Å². The van der Waals surface area contributed by atoms with Gasteiger partial charge in [0.1, 0.15) is 0 Å². The van der Waals surface area contributed by atoms with E-state index in [1.807, 2.05) is 0 Å². The third kappa shape index (κ3) is 0.763. The molecule has 0 spiro atoms. The molecule has 2 N–H and O–H groups in total. The zero-order valence-corrected chi connectivity index (χ0v) is 4.52. The third-order valence-electron chi connectivity index (χ3n) is 1.64. The van der Waals surface area contributed by atoms with Crippen molar-refractivity contribution in [2.45, 2.75) is 13.0 Å². The van der Waals surface area contributed by atoms with E-state index in [4.69, 9.17) is 5.11 Å². The van der Waals surface area contributed by atoms with Crippen LogP contribution in [0, 0.1) is 5.92 Å². The zero-order chi connectivity index (χ0) is 5.28. The second-order valence-corrected chi connectivity index (χ2v) is 2.14. The monoisotopic (exact) mass is 101 g/mol. The molecular weight excluding hydrogens is 90.1 g/mol. The molecule has 0 aromatic carbocycles. The minimum atomic E-state index is 0.341. The zero-order valence-electron chi connectivity index (χ0n) is 4.52. The van der Waals surface area contributed by atoms with Crippen LogP contribution in [0.25, 0.3) is 0 Å². The van der Waals surface area contributed by atoms with Crippen molar-refractivity contribution in [1.82, 2.24) is 5.32 Å². The molecule has 1 rings (SSSR count). The van der Waals surface area contributed by atoms with E-state index in [2.05, 4.69) is 12.2 Å². The van der Waals surface area contributed by atoms with Gasteiger partial charge in [0.2, 0.25) is 0 Å². The van der Waals surface area contributed by atoms with Gasteiger partial charge in [-0.05, 0) is 6.92 Å². The van der Waals surface area contributed by atoms with Gasteiger partial charge in [0, 0.05) is 25.1 Å². The predicted octanol–water partition coefficient (Wildman–Crippen LogP) is -0.413. The van der Waals surface area contributed by atoms with Crippen LogP contribution in [0.2, 0.25) is 0 Å². The Labute approximate surface area is 43.5 Å². The van der Waals surface area contributed by atoms with E-state index in [9.17, 15) is 0 Å². The topological polar surface area (TPSA) is 32.3 Å². The smallest absolute Gasteiger partial charge is 0.0486 e. The molecule has 1 heterocycles. The van der Waals surface area contributed by atoms with Crippen LogP contribution in [-0.4, -0.2) is 24.3 Å². The number of rotatable bonds is 1. The summed E-state index contributed by atoms with van der Waals surface area (Å²) in [5, 5.41) is 11.7. The van der Waals surface area contributed by atoms with Crippen molar-refractivity contribution in [2.24, 2.45) is 5.92 Å². The third-order valence-corrected chi connectivity index (χ3v) is 1.64. The summed E-state index contributed by atoms with van der Waals surface area (Å²) in [5.74, 6) is 0.528. The van der Waals surface area contributed by atoms with E-state index < -0.39 is 0 Å². The number of aliphatic hydroxyl groups is 1. The molecule has 42 valence electrons. The Bertz CT molecular complexity index is 63.1. The maximum atomic E-state index is 8.52. The van der Waals surface area contributed by atoms with E-state index in [1.54, 1.807) is 0 Å². The lowest BCUT2D eigenvalue weighted by molar-refractivity contribution is 0.137. The molecule has 0 saturated carbocycles. The van der Waals surface area contributed by atoms with E-state index in [-0.39, 0.29) is 0 Å². The fourth-order valence-electron chi connectivity index (χ4n) is 0.743. The molecule has 0 bridgehead atoms. The molecule has 1 saturated heterocycles. The lowest BCUT2D eigenvalue weighted by Crippen LogP contribution is -2.52. The largest absolute Gasteiger partial charge is 0.396 e. The lowest BCUT2D eigenvalue weighted by atomic mass is 9.95. The van der Waals surface area contributed by atoms with Crippen molar-refractivity contribution < 1.29 is 5.11 Å². The number of nitrogens with one attached hydrogen (secondary N) is 1. The molecule has 2 atom stereocenters. The van der Waals surface area contributed by atoms with Gasteiger partial charge in [0.05, 0.1) is 0 Å². The highest BCUT2D eigenvalue weighted by atomic mass is 16.3. The Morgan fingerprint density at radius 2 is 2.57 bits per heavy atom. The SMILES string of the molecule is C[C@H]1NC[C@@H]1CO. The number of hydrogen-bond acceptors (Lipinski definition) is 2. The quantitative estimate of drug-likeness (QED) is 0.470. The van der Waals surface area contributed by atoms with Crippen LogP contribution >= 0.6 is 0 Å². The molecule has 0 unspecified atom stereocenters. The highest BCUT2D eigenvalue weighted by Gasteiger charge is 2.24. The molecule has 0 amide bonds. The fourth-order valence-corrected chi connectivity index (χ4v) is 0.743. The number of aliphatic hydroxyl groups excluding tert-OH is 1. The van der Waals surface area contributed by atoms with Crippen molar-refractivity contribution in [3.63, 3.8) is 0 Å². The molecule has 0 aromatic heterocycles. The molecule has 1 fully saturated rings. The minimum absolute atomic E-state index is 0.341. The summed E-state index contributed by atoms with van der Waals surface area (Å²) >= 11 is 0. The molecule has 0 radical (unpaired) electrons. The van der Waals surface area contributed by atoms with Gasteiger partial charge < -0.3 is 10.4 Å². The molecule has 0 aliphatic carbocycles. The highest BCUT2D eigenvalue weighted by molar-refractivity contribution is 4.82. The number of hydrogen-bond donors (Lipinski definition) is 2. The fraction of sp³-hybridized carbons (Fsp3) is 1.00. The van der Waals surface area contributed by atoms with Crippen molar-refractivity contribution in [2.75, 3.05) is 13.2 Å². The van der Waals surface area contributed by atoms with E-state index in [1.165, 1.54) is 0 Å². The summed E-state index contributed by atoms with van der Waals surface area (Å²) in [6.07, 6.45) is 0. The molecular formula is C5H11NO. The van der Waals surface area contributed by atoms with Gasteiger partial charge in [-0.1, -0.05) is 0 Å². The van der Waals surface area contributed by atoms with Gasteiger partial charge in [-0.3, -0.25) is 0 Å². The summed E-state index contributed by atoms with van der Waals surface area (Å²) in [6, 6.07) is 0.546. The average Bonchev–Trinajstić information content (AvgIpc) is 1.65. The molecule has 2 nitrogen and oxygen atoms in total. The van der Waals surface area contributed by atoms with Gasteiger partial charge in [-0.15, -0.1) is 0 Å². The maximum Gasteiger partial charge on any atom is 0.0486 e. The van der Waals surface area contributed by atoms with Gasteiger partial charge in [-0.25, -0.2) is 0 Å². The van der Waals surface area contributed by atoms with Crippen LogP contribution in [0.1, 0.15) is 6.92 Å².